The van der Waals surface area contributed by atoms with Crippen molar-refractivity contribution in [2.45, 2.75) is 25.7 Å². The van der Waals surface area contributed by atoms with Gasteiger partial charge < -0.3 is 10.1 Å². The summed E-state index contributed by atoms with van der Waals surface area (Å²) >= 11 is 0. The van der Waals surface area contributed by atoms with Crippen molar-refractivity contribution in [3.05, 3.63) is 24.0 Å². The van der Waals surface area contributed by atoms with Crippen LogP contribution in [-0.2, 0) is 11.2 Å². The van der Waals surface area contributed by atoms with E-state index in [9.17, 15) is 4.79 Å². The van der Waals surface area contributed by atoms with Crippen molar-refractivity contribution in [3.63, 3.8) is 0 Å². The molecule has 0 saturated heterocycles. The third kappa shape index (κ3) is 3.23. The molecule has 0 unspecified atom stereocenters. The van der Waals surface area contributed by atoms with Crippen LogP contribution in [0.3, 0.4) is 0 Å². The fraction of sp³-hybridized carbons (Fsp3) is 0.444. The van der Waals surface area contributed by atoms with E-state index in [4.69, 9.17) is 5.11 Å². The highest BCUT2D eigenvalue weighted by Crippen LogP contribution is 2.04. The average molecular weight is 167 g/mol. The van der Waals surface area contributed by atoms with Crippen molar-refractivity contribution in [1.82, 2.24) is 4.98 Å². The Morgan fingerprint density at radius 1 is 1.50 bits per heavy atom. The van der Waals surface area contributed by atoms with Gasteiger partial charge in [0.05, 0.1) is 0 Å². The molecule has 0 aliphatic rings. The molecular formula is C9H13NO2. The van der Waals surface area contributed by atoms with E-state index in [1.165, 1.54) is 5.56 Å². The molecule has 0 aliphatic heterocycles. The molecule has 0 saturated carbocycles. The van der Waals surface area contributed by atoms with Crippen molar-refractivity contribution >= 4 is 5.97 Å². The SMILES string of the molecule is O=C(O)CCCCc1cc[nH]c1. The van der Waals surface area contributed by atoms with E-state index in [1.54, 1.807) is 0 Å². The molecule has 0 atom stereocenters. The van der Waals surface area contributed by atoms with Gasteiger partial charge in [-0.05, 0) is 30.9 Å². The number of aromatic amines is 1. The summed E-state index contributed by atoms with van der Waals surface area (Å²) in [6.45, 7) is 0. The Labute approximate surface area is 71.4 Å². The monoisotopic (exact) mass is 167 g/mol. The number of unbranched alkanes of at least 4 members (excludes halogenated alkanes) is 1. The highest BCUT2D eigenvalue weighted by Gasteiger charge is 1.97. The van der Waals surface area contributed by atoms with Gasteiger partial charge in [0.1, 0.15) is 0 Å². The Balaban J connectivity index is 2.07. The molecule has 0 aliphatic carbocycles. The Bertz CT molecular complexity index is 229. The fourth-order valence-corrected chi connectivity index (χ4v) is 1.12. The largest absolute Gasteiger partial charge is 0.481 e. The maximum absolute atomic E-state index is 10.2. The molecule has 3 nitrogen and oxygen atoms in total. The molecule has 3 heteroatoms. The van der Waals surface area contributed by atoms with Crippen molar-refractivity contribution < 1.29 is 9.90 Å². The highest BCUT2D eigenvalue weighted by atomic mass is 16.4. The Hall–Kier alpha value is -1.25. The van der Waals surface area contributed by atoms with Gasteiger partial charge in [0.2, 0.25) is 0 Å². The van der Waals surface area contributed by atoms with Gasteiger partial charge in [0, 0.05) is 18.8 Å². The molecule has 0 aromatic carbocycles. The average Bonchev–Trinajstić information content (AvgIpc) is 2.49. The summed E-state index contributed by atoms with van der Waals surface area (Å²) in [5.74, 6) is -0.705. The molecule has 1 aromatic heterocycles. The van der Waals surface area contributed by atoms with E-state index in [2.05, 4.69) is 4.98 Å². The minimum atomic E-state index is -0.705. The summed E-state index contributed by atoms with van der Waals surface area (Å²) in [5.41, 5.74) is 1.25. The molecular weight excluding hydrogens is 154 g/mol. The van der Waals surface area contributed by atoms with E-state index < -0.39 is 5.97 Å². The molecule has 0 bridgehead atoms. The van der Waals surface area contributed by atoms with E-state index in [-0.39, 0.29) is 6.42 Å². The van der Waals surface area contributed by atoms with Crippen LogP contribution in [0.2, 0.25) is 0 Å². The molecule has 0 radical (unpaired) electrons. The zero-order chi connectivity index (χ0) is 8.81. The highest BCUT2D eigenvalue weighted by molar-refractivity contribution is 5.66. The van der Waals surface area contributed by atoms with Gasteiger partial charge in [-0.15, -0.1) is 0 Å². The minimum absolute atomic E-state index is 0.282. The van der Waals surface area contributed by atoms with Crippen molar-refractivity contribution in [1.29, 1.82) is 0 Å². The second-order valence-corrected chi connectivity index (χ2v) is 2.82. The van der Waals surface area contributed by atoms with Gasteiger partial charge in [0.25, 0.3) is 0 Å². The first-order valence-electron chi connectivity index (χ1n) is 4.12. The van der Waals surface area contributed by atoms with Gasteiger partial charge in [0.15, 0.2) is 0 Å². The third-order valence-corrected chi connectivity index (χ3v) is 1.77. The Kier molecular flexibility index (Phi) is 3.38. The topological polar surface area (TPSA) is 53.1 Å². The lowest BCUT2D eigenvalue weighted by Crippen LogP contribution is -1.94. The maximum atomic E-state index is 10.2. The standard InChI is InChI=1S/C9H13NO2/c11-9(12)4-2-1-3-8-5-6-10-7-8/h5-7,10H,1-4H2,(H,11,12). The van der Waals surface area contributed by atoms with Crippen LogP contribution in [0.4, 0.5) is 0 Å². The lowest BCUT2D eigenvalue weighted by Gasteiger charge is -1.95. The number of aromatic nitrogens is 1. The molecule has 1 aromatic rings. The van der Waals surface area contributed by atoms with Crippen molar-refractivity contribution in [2.75, 3.05) is 0 Å². The number of carboxylic acid groups (broad SMARTS) is 1. The summed E-state index contributed by atoms with van der Waals surface area (Å²) in [7, 11) is 0. The summed E-state index contributed by atoms with van der Waals surface area (Å²) < 4.78 is 0. The van der Waals surface area contributed by atoms with Gasteiger partial charge in [-0.25, -0.2) is 0 Å². The van der Waals surface area contributed by atoms with E-state index >= 15 is 0 Å². The second kappa shape index (κ2) is 4.59. The normalized spacial score (nSPS) is 10.0. The van der Waals surface area contributed by atoms with Crippen LogP contribution in [0, 0.1) is 0 Å². The predicted molar refractivity (Wildman–Crippen MR) is 46.0 cm³/mol. The van der Waals surface area contributed by atoms with Crippen LogP contribution in [0.5, 0.6) is 0 Å². The Morgan fingerprint density at radius 3 is 2.92 bits per heavy atom. The number of H-pyrrole nitrogens is 1. The number of carboxylic acids is 1. The van der Waals surface area contributed by atoms with E-state index in [0.717, 1.165) is 19.3 Å². The molecule has 12 heavy (non-hydrogen) atoms. The molecule has 0 fully saturated rings. The number of carbonyl (C=O) groups is 1. The van der Waals surface area contributed by atoms with Crippen LogP contribution in [-0.4, -0.2) is 16.1 Å². The van der Waals surface area contributed by atoms with Gasteiger partial charge in [-0.2, -0.15) is 0 Å². The fourth-order valence-electron chi connectivity index (χ4n) is 1.12. The van der Waals surface area contributed by atoms with E-state index in [1.807, 2.05) is 18.5 Å². The van der Waals surface area contributed by atoms with Crippen LogP contribution in [0.1, 0.15) is 24.8 Å². The zero-order valence-corrected chi connectivity index (χ0v) is 6.92. The molecule has 2 N–H and O–H groups in total. The number of aliphatic carboxylic acids is 1. The number of hydrogen-bond acceptors (Lipinski definition) is 1. The quantitative estimate of drug-likeness (QED) is 0.657. The number of nitrogens with one attached hydrogen (secondary N) is 1. The first-order chi connectivity index (χ1) is 5.79. The molecule has 1 rings (SSSR count). The molecule has 0 spiro atoms. The lowest BCUT2D eigenvalue weighted by atomic mass is 10.1. The number of hydrogen-bond donors (Lipinski definition) is 2. The lowest BCUT2D eigenvalue weighted by molar-refractivity contribution is -0.137. The first kappa shape index (κ1) is 8.84. The zero-order valence-electron chi connectivity index (χ0n) is 6.92. The molecule has 0 amide bonds. The van der Waals surface area contributed by atoms with Crippen molar-refractivity contribution in [2.24, 2.45) is 0 Å². The Morgan fingerprint density at radius 2 is 2.33 bits per heavy atom. The van der Waals surface area contributed by atoms with Gasteiger partial charge >= 0.3 is 5.97 Å². The number of aryl methyl sites for hydroxylation is 1. The van der Waals surface area contributed by atoms with Crippen molar-refractivity contribution in [3.8, 4) is 0 Å². The van der Waals surface area contributed by atoms with Crippen LogP contribution < -0.4 is 0 Å². The van der Waals surface area contributed by atoms with Crippen LogP contribution in [0.15, 0.2) is 18.5 Å². The number of rotatable bonds is 5. The summed E-state index contributed by atoms with van der Waals surface area (Å²) in [4.78, 5) is 13.1. The van der Waals surface area contributed by atoms with Crippen LogP contribution >= 0.6 is 0 Å². The second-order valence-electron chi connectivity index (χ2n) is 2.82. The summed E-state index contributed by atoms with van der Waals surface area (Å²) in [6.07, 6.45) is 6.79. The van der Waals surface area contributed by atoms with Gasteiger partial charge in [-0.1, -0.05) is 0 Å². The van der Waals surface area contributed by atoms with Gasteiger partial charge in [-0.3, -0.25) is 4.79 Å². The smallest absolute Gasteiger partial charge is 0.303 e. The van der Waals surface area contributed by atoms with E-state index in [0.29, 0.717) is 0 Å². The summed E-state index contributed by atoms with van der Waals surface area (Å²) in [5, 5.41) is 8.36. The summed E-state index contributed by atoms with van der Waals surface area (Å²) in [6, 6.07) is 2.01. The minimum Gasteiger partial charge on any atom is -0.481 e. The third-order valence-electron chi connectivity index (χ3n) is 1.77. The maximum Gasteiger partial charge on any atom is 0.303 e. The first-order valence-corrected chi connectivity index (χ1v) is 4.12. The molecule has 66 valence electrons. The van der Waals surface area contributed by atoms with Crippen LogP contribution in [0.25, 0.3) is 0 Å². The predicted octanol–water partition coefficient (Wildman–Crippen LogP) is 1.81. The molecule has 1 heterocycles.